The first-order valence-corrected chi connectivity index (χ1v) is 4.55. The van der Waals surface area contributed by atoms with Crippen LogP contribution in [0.5, 0.6) is 0 Å². The fourth-order valence-corrected chi connectivity index (χ4v) is 2.23. The fourth-order valence-electron chi connectivity index (χ4n) is 2.23. The van der Waals surface area contributed by atoms with Crippen LogP contribution < -0.4 is 10.7 Å². The first kappa shape index (κ1) is 7.53. The molecular formula is C8H17N3. The molecule has 2 aliphatic heterocycles. The molecule has 0 spiro atoms. The molecule has 0 amide bonds. The van der Waals surface area contributed by atoms with Gasteiger partial charge < -0.3 is 0 Å². The highest BCUT2D eigenvalue weighted by Crippen LogP contribution is 2.19. The van der Waals surface area contributed by atoms with Crippen LogP contribution in [-0.2, 0) is 0 Å². The van der Waals surface area contributed by atoms with Crippen LogP contribution in [0.4, 0.5) is 0 Å². The third kappa shape index (κ3) is 1.28. The molecule has 0 aromatic rings. The van der Waals surface area contributed by atoms with Gasteiger partial charge in [-0.2, -0.15) is 0 Å². The largest absolute Gasteiger partial charge is 0.298 e. The van der Waals surface area contributed by atoms with E-state index in [0.717, 1.165) is 6.54 Å². The molecule has 2 heterocycles. The zero-order valence-electron chi connectivity index (χ0n) is 7.30. The van der Waals surface area contributed by atoms with Gasteiger partial charge in [0, 0.05) is 18.6 Å². The van der Waals surface area contributed by atoms with E-state index in [1.54, 1.807) is 0 Å². The number of hydrazine groups is 1. The molecule has 3 heteroatoms. The van der Waals surface area contributed by atoms with Gasteiger partial charge in [-0.3, -0.25) is 10.7 Å². The Hall–Kier alpha value is -0.120. The smallest absolute Gasteiger partial charge is 0.0750 e. The van der Waals surface area contributed by atoms with E-state index in [0.29, 0.717) is 18.2 Å². The van der Waals surface area contributed by atoms with Crippen LogP contribution in [0.2, 0.25) is 0 Å². The summed E-state index contributed by atoms with van der Waals surface area (Å²) in [5, 5.41) is 5.93. The van der Waals surface area contributed by atoms with E-state index in [9.17, 15) is 0 Å². The van der Waals surface area contributed by atoms with Gasteiger partial charge in [-0.25, -0.2) is 5.01 Å². The third-order valence-electron chi connectivity index (χ3n) is 2.69. The summed E-state index contributed by atoms with van der Waals surface area (Å²) in [5.74, 6) is 0. The van der Waals surface area contributed by atoms with E-state index >= 15 is 0 Å². The molecule has 0 aromatic heterocycles. The van der Waals surface area contributed by atoms with Crippen LogP contribution in [0.3, 0.4) is 0 Å². The van der Waals surface area contributed by atoms with E-state index in [2.05, 4.69) is 29.6 Å². The maximum atomic E-state index is 3.57. The van der Waals surface area contributed by atoms with Gasteiger partial charge in [-0.05, 0) is 26.7 Å². The van der Waals surface area contributed by atoms with Gasteiger partial charge in [-0.15, -0.1) is 0 Å². The van der Waals surface area contributed by atoms with Crippen molar-refractivity contribution in [3.05, 3.63) is 0 Å². The van der Waals surface area contributed by atoms with Crippen molar-refractivity contribution in [2.45, 2.75) is 44.9 Å². The summed E-state index contributed by atoms with van der Waals surface area (Å²) in [6.45, 7) is 5.70. The van der Waals surface area contributed by atoms with E-state index in [1.165, 1.54) is 12.8 Å². The van der Waals surface area contributed by atoms with Gasteiger partial charge in [0.15, 0.2) is 0 Å². The van der Waals surface area contributed by atoms with Gasteiger partial charge in [0.05, 0.1) is 6.17 Å². The van der Waals surface area contributed by atoms with Crippen molar-refractivity contribution in [3.8, 4) is 0 Å². The molecule has 2 N–H and O–H groups in total. The molecule has 2 fully saturated rings. The van der Waals surface area contributed by atoms with Gasteiger partial charge in [0.25, 0.3) is 0 Å². The lowest BCUT2D eigenvalue weighted by Crippen LogP contribution is -2.58. The van der Waals surface area contributed by atoms with E-state index in [-0.39, 0.29) is 0 Å². The molecule has 3 atom stereocenters. The summed E-state index contributed by atoms with van der Waals surface area (Å²) in [7, 11) is 0. The van der Waals surface area contributed by atoms with E-state index in [1.807, 2.05) is 0 Å². The van der Waals surface area contributed by atoms with Crippen molar-refractivity contribution in [3.63, 3.8) is 0 Å². The quantitative estimate of drug-likeness (QED) is 0.526. The molecule has 64 valence electrons. The average Bonchev–Trinajstić information content (AvgIpc) is 2.34. The van der Waals surface area contributed by atoms with Gasteiger partial charge in [-0.1, -0.05) is 0 Å². The lowest BCUT2D eigenvalue weighted by molar-refractivity contribution is 0.0545. The SMILES string of the molecule is CC1CC(C)N2NCCC2N1. The van der Waals surface area contributed by atoms with Gasteiger partial charge in [0.2, 0.25) is 0 Å². The number of nitrogens with zero attached hydrogens (tertiary/aromatic N) is 1. The molecule has 0 saturated carbocycles. The molecule has 0 aliphatic carbocycles. The van der Waals surface area contributed by atoms with Crippen molar-refractivity contribution >= 4 is 0 Å². The zero-order chi connectivity index (χ0) is 7.84. The highest BCUT2D eigenvalue weighted by Gasteiger charge is 2.33. The fraction of sp³-hybridized carbons (Fsp3) is 1.00. The van der Waals surface area contributed by atoms with Crippen LogP contribution >= 0.6 is 0 Å². The second kappa shape index (κ2) is 2.73. The Balaban J connectivity index is 2.04. The molecule has 2 aliphatic rings. The van der Waals surface area contributed by atoms with Gasteiger partial charge >= 0.3 is 0 Å². The molecule has 3 nitrogen and oxygen atoms in total. The van der Waals surface area contributed by atoms with Crippen molar-refractivity contribution in [1.29, 1.82) is 0 Å². The Morgan fingerprint density at radius 1 is 1.36 bits per heavy atom. The monoisotopic (exact) mass is 155 g/mol. The van der Waals surface area contributed by atoms with Gasteiger partial charge in [0.1, 0.15) is 0 Å². The molecule has 0 aromatic carbocycles. The molecular weight excluding hydrogens is 138 g/mol. The first-order valence-electron chi connectivity index (χ1n) is 4.55. The van der Waals surface area contributed by atoms with Crippen LogP contribution in [0, 0.1) is 0 Å². The van der Waals surface area contributed by atoms with Crippen LogP contribution in [-0.4, -0.2) is 29.8 Å². The van der Waals surface area contributed by atoms with E-state index in [4.69, 9.17) is 0 Å². The average molecular weight is 155 g/mol. The molecule has 2 rings (SSSR count). The summed E-state index contributed by atoms with van der Waals surface area (Å²) in [6, 6.07) is 1.38. The molecule has 0 bridgehead atoms. The zero-order valence-corrected chi connectivity index (χ0v) is 7.30. The predicted octanol–water partition coefficient (Wildman–Crippen LogP) is 0.293. The summed E-state index contributed by atoms with van der Waals surface area (Å²) < 4.78 is 0. The number of hydrogen-bond acceptors (Lipinski definition) is 3. The van der Waals surface area contributed by atoms with Crippen molar-refractivity contribution in [2.24, 2.45) is 0 Å². The predicted molar refractivity (Wildman–Crippen MR) is 44.9 cm³/mol. The number of hydrogen-bond donors (Lipinski definition) is 2. The van der Waals surface area contributed by atoms with E-state index < -0.39 is 0 Å². The second-order valence-corrected chi connectivity index (χ2v) is 3.77. The molecule has 0 radical (unpaired) electrons. The number of nitrogens with one attached hydrogen (secondary N) is 2. The first-order chi connectivity index (χ1) is 5.27. The number of fused-ring (bicyclic) bond motifs is 1. The summed E-state index contributed by atoms with van der Waals surface area (Å²) >= 11 is 0. The maximum Gasteiger partial charge on any atom is 0.0750 e. The Bertz CT molecular complexity index is 148. The lowest BCUT2D eigenvalue weighted by atomic mass is 10.1. The van der Waals surface area contributed by atoms with Crippen LogP contribution in [0.15, 0.2) is 0 Å². The van der Waals surface area contributed by atoms with Crippen LogP contribution in [0.25, 0.3) is 0 Å². The Morgan fingerprint density at radius 2 is 2.18 bits per heavy atom. The van der Waals surface area contributed by atoms with Crippen molar-refractivity contribution in [2.75, 3.05) is 6.54 Å². The Kier molecular flexibility index (Phi) is 1.87. The molecule has 3 unspecified atom stereocenters. The highest BCUT2D eigenvalue weighted by atomic mass is 15.6. The maximum absolute atomic E-state index is 3.57. The highest BCUT2D eigenvalue weighted by molar-refractivity contribution is 4.87. The normalized spacial score (nSPS) is 45.8. The summed E-state index contributed by atoms with van der Waals surface area (Å²) in [4.78, 5) is 0. The summed E-state index contributed by atoms with van der Waals surface area (Å²) in [6.07, 6.45) is 3.09. The topological polar surface area (TPSA) is 27.3 Å². The summed E-state index contributed by atoms with van der Waals surface area (Å²) in [5.41, 5.74) is 3.40. The lowest BCUT2D eigenvalue weighted by Gasteiger charge is -2.39. The number of rotatable bonds is 0. The van der Waals surface area contributed by atoms with Crippen molar-refractivity contribution < 1.29 is 0 Å². The third-order valence-corrected chi connectivity index (χ3v) is 2.69. The Morgan fingerprint density at radius 3 is 3.00 bits per heavy atom. The molecule has 2 saturated heterocycles. The van der Waals surface area contributed by atoms with Crippen LogP contribution in [0.1, 0.15) is 26.7 Å². The standard InChI is InChI=1S/C8H17N3/c1-6-5-7(2)11-8(10-6)3-4-9-11/h6-10H,3-5H2,1-2H3. The minimum Gasteiger partial charge on any atom is -0.298 e. The minimum atomic E-state index is 0.591. The minimum absolute atomic E-state index is 0.591. The Labute approximate surface area is 68.1 Å². The molecule has 11 heavy (non-hydrogen) atoms. The second-order valence-electron chi connectivity index (χ2n) is 3.77. The van der Waals surface area contributed by atoms with Crippen molar-refractivity contribution in [1.82, 2.24) is 15.8 Å².